The summed E-state index contributed by atoms with van der Waals surface area (Å²) in [5.41, 5.74) is 0.354. The van der Waals surface area contributed by atoms with Gasteiger partial charge in [0.2, 0.25) is 0 Å². The van der Waals surface area contributed by atoms with Gasteiger partial charge in [-0.15, -0.1) is 0 Å². The van der Waals surface area contributed by atoms with Crippen LogP contribution in [0.4, 0.5) is 13.2 Å². The average Bonchev–Trinajstić information content (AvgIpc) is 3.18. The van der Waals surface area contributed by atoms with E-state index in [1.807, 2.05) is 0 Å². The molecule has 1 unspecified atom stereocenters. The predicted molar refractivity (Wildman–Crippen MR) is 75.3 cm³/mol. The zero-order valence-corrected chi connectivity index (χ0v) is 12.1. The quantitative estimate of drug-likeness (QED) is 0.430. The minimum atomic E-state index is -4.33. The summed E-state index contributed by atoms with van der Waals surface area (Å²) in [4.78, 5) is 13.5. The lowest BCUT2D eigenvalue weighted by Crippen LogP contribution is -2.23. The first-order valence-corrected chi connectivity index (χ1v) is 7.38. The number of Topliss-reactive ketones (excluding diaryl/α,β-unsaturated/α-hetero) is 1. The molecule has 21 heavy (non-hydrogen) atoms. The van der Waals surface area contributed by atoms with Crippen LogP contribution < -0.4 is 0 Å². The lowest BCUT2D eigenvalue weighted by atomic mass is 10.1. The Morgan fingerprint density at radius 3 is 2.38 bits per heavy atom. The molecule has 1 saturated heterocycles. The van der Waals surface area contributed by atoms with Gasteiger partial charge in [-0.3, -0.25) is 9.69 Å². The Balaban J connectivity index is 2.01. The maximum Gasteiger partial charge on any atom is 0.406 e. The van der Waals surface area contributed by atoms with Gasteiger partial charge in [0.05, 0.1) is 6.04 Å². The molecular formula is C16H20F3NO. The molecule has 5 heteroatoms. The number of benzene rings is 1. The van der Waals surface area contributed by atoms with E-state index < -0.39 is 24.0 Å². The Bertz CT molecular complexity index is 472. The third-order valence-electron chi connectivity index (χ3n) is 3.86. The monoisotopic (exact) mass is 299 g/mol. The molecule has 0 radical (unpaired) electrons. The summed E-state index contributed by atoms with van der Waals surface area (Å²) in [6, 6.07) is 5.59. The van der Waals surface area contributed by atoms with Crippen molar-refractivity contribution in [3.63, 3.8) is 0 Å². The van der Waals surface area contributed by atoms with Gasteiger partial charge in [-0.05, 0) is 13.0 Å². The zero-order chi connectivity index (χ0) is 15.5. The highest BCUT2D eigenvalue weighted by Gasteiger charge is 2.65. The number of rotatable bonds is 7. The van der Waals surface area contributed by atoms with Gasteiger partial charge in [-0.1, -0.05) is 56.5 Å². The number of ketones is 1. The fourth-order valence-electron chi connectivity index (χ4n) is 2.71. The molecule has 0 aliphatic carbocycles. The third kappa shape index (κ3) is 3.84. The minimum Gasteiger partial charge on any atom is -0.292 e. The minimum absolute atomic E-state index is 0.341. The molecule has 2 rings (SSSR count). The van der Waals surface area contributed by atoms with Crippen LogP contribution in [-0.2, 0) is 0 Å². The van der Waals surface area contributed by atoms with E-state index in [1.165, 1.54) is 4.90 Å². The molecule has 1 aromatic carbocycles. The number of nitrogens with zero attached hydrogens (tertiary/aromatic N) is 1. The number of unbranched alkanes of at least 4 members (excludes halogenated alkanes) is 3. The van der Waals surface area contributed by atoms with Gasteiger partial charge in [0.1, 0.15) is 6.04 Å². The maximum absolute atomic E-state index is 13.0. The first kappa shape index (κ1) is 16.0. The van der Waals surface area contributed by atoms with Gasteiger partial charge in [0.25, 0.3) is 0 Å². The second-order valence-electron chi connectivity index (χ2n) is 5.46. The fourth-order valence-corrected chi connectivity index (χ4v) is 2.71. The number of hydrogen-bond acceptors (Lipinski definition) is 2. The van der Waals surface area contributed by atoms with Crippen LogP contribution in [0.5, 0.6) is 0 Å². The summed E-state index contributed by atoms with van der Waals surface area (Å²) >= 11 is 0. The molecule has 0 N–H and O–H groups in total. The highest BCUT2D eigenvalue weighted by molar-refractivity contribution is 6.02. The Hall–Kier alpha value is -1.36. The summed E-state index contributed by atoms with van der Waals surface area (Å²) in [5.74, 6) is -0.423. The summed E-state index contributed by atoms with van der Waals surface area (Å²) < 4.78 is 39.0. The second kappa shape index (κ2) is 6.60. The van der Waals surface area contributed by atoms with Crippen molar-refractivity contribution in [3.8, 4) is 0 Å². The van der Waals surface area contributed by atoms with Crippen LogP contribution >= 0.6 is 0 Å². The molecule has 1 heterocycles. The van der Waals surface area contributed by atoms with Gasteiger partial charge >= 0.3 is 6.18 Å². The summed E-state index contributed by atoms with van der Waals surface area (Å²) in [7, 11) is 0. The molecule has 1 aliphatic rings. The van der Waals surface area contributed by atoms with E-state index in [1.54, 1.807) is 30.3 Å². The standard InChI is InChI=1S/C16H20F3NO/c1-2-3-4-8-11-20-13(15(20)16(17,18)19)14(21)12-9-6-5-7-10-12/h5-7,9-10,13,15H,2-4,8,11H2,1H3/t13-,15+,20?/m0/s1. The van der Waals surface area contributed by atoms with Crippen molar-refractivity contribution in [3.05, 3.63) is 35.9 Å². The molecule has 0 saturated carbocycles. The molecule has 0 bridgehead atoms. The number of hydrogen-bond donors (Lipinski definition) is 0. The van der Waals surface area contributed by atoms with E-state index in [4.69, 9.17) is 0 Å². The van der Waals surface area contributed by atoms with E-state index >= 15 is 0 Å². The number of halogens is 3. The normalized spacial score (nSPS) is 24.9. The molecule has 0 spiro atoms. The number of carbonyl (C=O) groups excluding carboxylic acids is 1. The van der Waals surface area contributed by atoms with E-state index in [0.29, 0.717) is 18.5 Å². The lowest BCUT2D eigenvalue weighted by molar-refractivity contribution is -0.137. The Morgan fingerprint density at radius 2 is 1.81 bits per heavy atom. The van der Waals surface area contributed by atoms with Crippen LogP contribution in [0.2, 0.25) is 0 Å². The molecule has 1 aliphatic heterocycles. The molecule has 1 aromatic rings. The van der Waals surface area contributed by atoms with E-state index in [-0.39, 0.29) is 0 Å². The van der Waals surface area contributed by atoms with Crippen LogP contribution in [0, 0.1) is 0 Å². The Kier molecular flexibility index (Phi) is 5.04. The topological polar surface area (TPSA) is 20.1 Å². The molecule has 0 aromatic heterocycles. The van der Waals surface area contributed by atoms with Crippen molar-refractivity contribution in [1.82, 2.24) is 4.90 Å². The van der Waals surface area contributed by atoms with E-state index in [2.05, 4.69) is 6.92 Å². The van der Waals surface area contributed by atoms with Crippen molar-refractivity contribution >= 4 is 5.78 Å². The maximum atomic E-state index is 13.0. The van der Waals surface area contributed by atoms with E-state index in [0.717, 1.165) is 19.3 Å². The van der Waals surface area contributed by atoms with Crippen LogP contribution in [0.1, 0.15) is 43.0 Å². The Morgan fingerprint density at radius 1 is 1.14 bits per heavy atom. The van der Waals surface area contributed by atoms with Gasteiger partial charge in [0, 0.05) is 5.56 Å². The molecule has 116 valence electrons. The SMILES string of the molecule is CCCCCCN1[C@@H](C(=O)c2ccccc2)[C@@H]1C(F)(F)F. The smallest absolute Gasteiger partial charge is 0.292 e. The predicted octanol–water partition coefficient (Wildman–Crippen LogP) is 4.06. The highest BCUT2D eigenvalue weighted by Crippen LogP contribution is 2.42. The van der Waals surface area contributed by atoms with Crippen molar-refractivity contribution in [2.24, 2.45) is 0 Å². The van der Waals surface area contributed by atoms with Gasteiger partial charge in [-0.25, -0.2) is 0 Å². The summed E-state index contributed by atoms with van der Waals surface area (Å²) in [6.45, 7) is 2.39. The van der Waals surface area contributed by atoms with Gasteiger partial charge < -0.3 is 0 Å². The van der Waals surface area contributed by atoms with Gasteiger partial charge in [0.15, 0.2) is 5.78 Å². The zero-order valence-electron chi connectivity index (χ0n) is 12.1. The fraction of sp³-hybridized carbons (Fsp3) is 0.562. The third-order valence-corrected chi connectivity index (χ3v) is 3.86. The Labute approximate surface area is 122 Å². The molecule has 3 atom stereocenters. The van der Waals surface area contributed by atoms with Crippen LogP contribution in [0.25, 0.3) is 0 Å². The molecule has 0 amide bonds. The first-order valence-electron chi connectivity index (χ1n) is 7.38. The molecule has 2 nitrogen and oxygen atoms in total. The molecular weight excluding hydrogens is 279 g/mol. The largest absolute Gasteiger partial charge is 0.406 e. The lowest BCUT2D eigenvalue weighted by Gasteiger charge is -2.05. The van der Waals surface area contributed by atoms with Crippen LogP contribution in [0.3, 0.4) is 0 Å². The summed E-state index contributed by atoms with van der Waals surface area (Å²) in [5, 5.41) is 0. The highest BCUT2D eigenvalue weighted by atomic mass is 19.4. The number of alkyl halides is 3. The second-order valence-corrected chi connectivity index (χ2v) is 5.46. The van der Waals surface area contributed by atoms with E-state index in [9.17, 15) is 18.0 Å². The number of carbonyl (C=O) groups is 1. The summed E-state index contributed by atoms with van der Waals surface area (Å²) in [6.07, 6.45) is -0.667. The van der Waals surface area contributed by atoms with Crippen LogP contribution in [0.15, 0.2) is 30.3 Å². The average molecular weight is 299 g/mol. The van der Waals surface area contributed by atoms with Crippen molar-refractivity contribution in [1.29, 1.82) is 0 Å². The van der Waals surface area contributed by atoms with Gasteiger partial charge in [-0.2, -0.15) is 13.2 Å². The van der Waals surface area contributed by atoms with Crippen molar-refractivity contribution in [2.75, 3.05) is 6.54 Å². The molecule has 1 fully saturated rings. The van der Waals surface area contributed by atoms with Crippen molar-refractivity contribution < 1.29 is 18.0 Å². The first-order chi connectivity index (χ1) is 9.96. The van der Waals surface area contributed by atoms with Crippen molar-refractivity contribution in [2.45, 2.75) is 50.9 Å². The van der Waals surface area contributed by atoms with Crippen LogP contribution in [-0.4, -0.2) is 35.5 Å².